The number of imide groups is 1. The van der Waals surface area contributed by atoms with Gasteiger partial charge in [-0.3, -0.25) is 19.3 Å². The number of carbonyl (C=O) groups is 5. The lowest BCUT2D eigenvalue weighted by atomic mass is 9.99. The second-order valence-corrected chi connectivity index (χ2v) is 6.28. The number of methoxy groups -OCH3 is 1. The van der Waals surface area contributed by atoms with Crippen molar-refractivity contribution in [2.75, 3.05) is 25.6 Å². The zero-order valence-corrected chi connectivity index (χ0v) is 15.7. The highest BCUT2D eigenvalue weighted by Gasteiger charge is 2.47. The molecule has 0 radical (unpaired) electrons. The van der Waals surface area contributed by atoms with E-state index in [1.807, 2.05) is 0 Å². The van der Waals surface area contributed by atoms with Crippen molar-refractivity contribution in [1.29, 1.82) is 0 Å². The molecule has 1 saturated heterocycles. The third-order valence-electron chi connectivity index (χ3n) is 4.29. The number of benzene rings is 1. The summed E-state index contributed by atoms with van der Waals surface area (Å²) in [7, 11) is 1.26. The van der Waals surface area contributed by atoms with Crippen LogP contribution in [0.4, 0.5) is 10.5 Å². The molecule has 28 heavy (non-hydrogen) atoms. The van der Waals surface area contributed by atoms with Crippen LogP contribution in [-0.4, -0.2) is 60.5 Å². The first kappa shape index (κ1) is 20.9. The van der Waals surface area contributed by atoms with E-state index in [1.165, 1.54) is 31.4 Å². The number of anilines is 1. The minimum atomic E-state index is -1.05. The molecule has 1 aliphatic heterocycles. The van der Waals surface area contributed by atoms with Crippen LogP contribution in [0.15, 0.2) is 24.3 Å². The molecule has 1 atom stereocenters. The smallest absolute Gasteiger partial charge is 0.337 e. The summed E-state index contributed by atoms with van der Waals surface area (Å²) in [5.41, 5.74) is -0.341. The van der Waals surface area contributed by atoms with Gasteiger partial charge in [-0.2, -0.15) is 0 Å². The SMILES string of the molecule is CC[C@@]1(C)NC(=O)N(CC(=O)OCC(=O)Nc2ccc(C(=O)OC)cc2)C1=O. The number of amides is 4. The number of nitrogens with zero attached hydrogens (tertiary/aromatic N) is 1. The van der Waals surface area contributed by atoms with Gasteiger partial charge in [-0.25, -0.2) is 9.59 Å². The van der Waals surface area contributed by atoms with Crippen LogP contribution in [0, 0.1) is 0 Å². The zero-order chi connectivity index (χ0) is 20.9. The normalized spacial score (nSPS) is 18.5. The first-order chi connectivity index (χ1) is 13.2. The van der Waals surface area contributed by atoms with Crippen LogP contribution in [0.3, 0.4) is 0 Å². The Hall–Kier alpha value is -3.43. The second-order valence-electron chi connectivity index (χ2n) is 6.28. The number of nitrogens with one attached hydrogen (secondary N) is 2. The Bertz CT molecular complexity index is 806. The molecular weight excluding hydrogens is 370 g/mol. The summed E-state index contributed by atoms with van der Waals surface area (Å²) in [4.78, 5) is 59.9. The fourth-order valence-corrected chi connectivity index (χ4v) is 2.46. The van der Waals surface area contributed by atoms with E-state index >= 15 is 0 Å². The average molecular weight is 391 g/mol. The molecule has 10 heteroatoms. The minimum absolute atomic E-state index is 0.319. The van der Waals surface area contributed by atoms with Crippen molar-refractivity contribution in [1.82, 2.24) is 10.2 Å². The number of ether oxygens (including phenoxy) is 2. The highest BCUT2D eigenvalue weighted by Crippen LogP contribution is 2.20. The largest absolute Gasteiger partial charge is 0.465 e. The Morgan fingerprint density at radius 3 is 2.36 bits per heavy atom. The molecule has 2 N–H and O–H groups in total. The van der Waals surface area contributed by atoms with E-state index in [-0.39, 0.29) is 0 Å². The predicted molar refractivity (Wildman–Crippen MR) is 96.3 cm³/mol. The van der Waals surface area contributed by atoms with Crippen molar-refractivity contribution in [2.45, 2.75) is 25.8 Å². The number of esters is 2. The highest BCUT2D eigenvalue weighted by molar-refractivity contribution is 6.08. The summed E-state index contributed by atoms with van der Waals surface area (Å²) >= 11 is 0. The van der Waals surface area contributed by atoms with Crippen molar-refractivity contribution >= 4 is 35.5 Å². The standard InChI is InChI=1S/C18H21N3O7/c1-4-18(2)16(25)21(17(26)20-18)9-14(23)28-10-13(22)19-12-7-5-11(6-8-12)15(24)27-3/h5-8H,4,9-10H2,1-3H3,(H,19,22)(H,20,26)/t18-/m1/s1. The van der Waals surface area contributed by atoms with E-state index in [9.17, 15) is 24.0 Å². The highest BCUT2D eigenvalue weighted by atomic mass is 16.5. The third-order valence-corrected chi connectivity index (χ3v) is 4.29. The van der Waals surface area contributed by atoms with Gasteiger partial charge in [-0.1, -0.05) is 6.92 Å². The van der Waals surface area contributed by atoms with Gasteiger partial charge < -0.3 is 20.1 Å². The van der Waals surface area contributed by atoms with E-state index in [0.717, 1.165) is 4.90 Å². The van der Waals surface area contributed by atoms with Crippen LogP contribution in [0.5, 0.6) is 0 Å². The van der Waals surface area contributed by atoms with Gasteiger partial charge >= 0.3 is 18.0 Å². The van der Waals surface area contributed by atoms with E-state index in [1.54, 1.807) is 13.8 Å². The first-order valence-electron chi connectivity index (χ1n) is 8.48. The Morgan fingerprint density at radius 2 is 1.82 bits per heavy atom. The molecule has 150 valence electrons. The molecule has 0 aromatic heterocycles. The Balaban J connectivity index is 1.83. The molecule has 0 spiro atoms. The molecule has 0 bridgehead atoms. The lowest BCUT2D eigenvalue weighted by Gasteiger charge is -2.18. The molecule has 1 aromatic rings. The molecule has 1 fully saturated rings. The number of carbonyl (C=O) groups excluding carboxylic acids is 5. The van der Waals surface area contributed by atoms with Crippen molar-refractivity contribution in [3.8, 4) is 0 Å². The van der Waals surface area contributed by atoms with Gasteiger partial charge in [0.2, 0.25) is 0 Å². The summed E-state index contributed by atoms with van der Waals surface area (Å²) in [5, 5.41) is 5.00. The van der Waals surface area contributed by atoms with Gasteiger partial charge in [0.15, 0.2) is 6.61 Å². The number of hydrogen-bond acceptors (Lipinski definition) is 7. The molecule has 0 unspecified atom stereocenters. The van der Waals surface area contributed by atoms with E-state index < -0.39 is 48.5 Å². The van der Waals surface area contributed by atoms with Gasteiger partial charge in [0.1, 0.15) is 12.1 Å². The van der Waals surface area contributed by atoms with E-state index in [4.69, 9.17) is 4.74 Å². The fourth-order valence-electron chi connectivity index (χ4n) is 2.46. The number of rotatable bonds is 7. The van der Waals surface area contributed by atoms with Crippen molar-refractivity contribution in [3.05, 3.63) is 29.8 Å². The lowest BCUT2D eigenvalue weighted by Crippen LogP contribution is -2.43. The molecule has 1 aliphatic rings. The maximum atomic E-state index is 12.2. The molecule has 10 nitrogen and oxygen atoms in total. The maximum absolute atomic E-state index is 12.2. The molecule has 1 heterocycles. The van der Waals surface area contributed by atoms with Crippen molar-refractivity contribution < 1.29 is 33.4 Å². The Labute approximate surface area is 161 Å². The molecule has 0 aliphatic carbocycles. The third kappa shape index (κ3) is 4.64. The lowest BCUT2D eigenvalue weighted by molar-refractivity contribution is -0.150. The summed E-state index contributed by atoms with van der Waals surface area (Å²) in [5.74, 6) is -2.53. The summed E-state index contributed by atoms with van der Waals surface area (Å²) in [6.07, 6.45) is 0.375. The minimum Gasteiger partial charge on any atom is -0.465 e. The van der Waals surface area contributed by atoms with Crippen LogP contribution in [-0.2, 0) is 23.9 Å². The van der Waals surface area contributed by atoms with Crippen LogP contribution >= 0.6 is 0 Å². The first-order valence-corrected chi connectivity index (χ1v) is 8.48. The second kappa shape index (κ2) is 8.51. The van der Waals surface area contributed by atoms with E-state index in [2.05, 4.69) is 15.4 Å². The monoisotopic (exact) mass is 391 g/mol. The van der Waals surface area contributed by atoms with Crippen molar-refractivity contribution in [3.63, 3.8) is 0 Å². The quantitative estimate of drug-likeness (QED) is 0.516. The maximum Gasteiger partial charge on any atom is 0.337 e. The average Bonchev–Trinajstić information content (AvgIpc) is 2.90. The Kier molecular flexibility index (Phi) is 6.34. The predicted octanol–water partition coefficient (Wildman–Crippen LogP) is 0.675. The van der Waals surface area contributed by atoms with Gasteiger partial charge in [0.25, 0.3) is 11.8 Å². The molecule has 1 aromatic carbocycles. The molecule has 4 amide bonds. The number of hydrogen-bond donors (Lipinski definition) is 2. The zero-order valence-electron chi connectivity index (χ0n) is 15.7. The van der Waals surface area contributed by atoms with Crippen LogP contribution in [0.25, 0.3) is 0 Å². The van der Waals surface area contributed by atoms with Gasteiger partial charge in [0, 0.05) is 5.69 Å². The molecule has 2 rings (SSSR count). The summed E-state index contributed by atoms with van der Waals surface area (Å²) < 4.78 is 9.39. The van der Waals surface area contributed by atoms with Crippen LogP contribution in [0.1, 0.15) is 30.6 Å². The van der Waals surface area contributed by atoms with Gasteiger partial charge in [0.05, 0.1) is 12.7 Å². The fraction of sp³-hybridized carbons (Fsp3) is 0.389. The van der Waals surface area contributed by atoms with E-state index in [0.29, 0.717) is 17.7 Å². The molecular formula is C18H21N3O7. The molecule has 0 saturated carbocycles. The van der Waals surface area contributed by atoms with Gasteiger partial charge in [-0.05, 0) is 37.6 Å². The summed E-state index contributed by atoms with van der Waals surface area (Å²) in [6.45, 7) is 2.13. The topological polar surface area (TPSA) is 131 Å². The van der Waals surface area contributed by atoms with Gasteiger partial charge in [-0.15, -0.1) is 0 Å². The van der Waals surface area contributed by atoms with Crippen molar-refractivity contribution in [2.24, 2.45) is 0 Å². The Morgan fingerprint density at radius 1 is 1.18 bits per heavy atom. The number of urea groups is 1. The van der Waals surface area contributed by atoms with Crippen LogP contribution in [0.2, 0.25) is 0 Å². The van der Waals surface area contributed by atoms with Crippen LogP contribution < -0.4 is 10.6 Å². The summed E-state index contributed by atoms with van der Waals surface area (Å²) in [6, 6.07) is 5.24.